The van der Waals surface area contributed by atoms with Crippen LogP contribution in [0.2, 0.25) is 8.43 Å². The van der Waals surface area contributed by atoms with Crippen LogP contribution < -0.4 is 5.32 Å². The molecule has 0 aliphatic rings. The summed E-state index contributed by atoms with van der Waals surface area (Å²) in [6, 6.07) is 8.97. The van der Waals surface area contributed by atoms with Crippen molar-refractivity contribution < 1.29 is 14.3 Å². The number of methoxy groups -OCH3 is 1. The van der Waals surface area contributed by atoms with Crippen LogP contribution in [0.1, 0.15) is 19.4 Å². The van der Waals surface area contributed by atoms with Crippen LogP contribution in [0.3, 0.4) is 0 Å². The van der Waals surface area contributed by atoms with Crippen LogP contribution in [0.25, 0.3) is 0 Å². The fourth-order valence-electron chi connectivity index (χ4n) is 1.61. The van der Waals surface area contributed by atoms with Crippen molar-refractivity contribution in [3.05, 3.63) is 35.9 Å². The zero-order valence-corrected chi connectivity index (χ0v) is 14.6. The summed E-state index contributed by atoms with van der Waals surface area (Å²) in [6.45, 7) is 3.84. The van der Waals surface area contributed by atoms with Gasteiger partial charge in [0.25, 0.3) is 0 Å². The normalized spacial score (nSPS) is 12.6. The monoisotopic (exact) mass is 393 g/mol. The van der Waals surface area contributed by atoms with Gasteiger partial charge in [0.05, 0.1) is 0 Å². The Labute approximate surface area is 130 Å². The standard InChI is InChI=1S/C15H21NO3Te/c1-15(2,20-4)14(18)16-12(13(17)19-3)10-11-8-6-5-7-9-11/h5-9,12H,10H2,1-4H3,(H,16,18)/t12-/m1/s1. The number of ether oxygens (including phenoxy) is 1. The molecule has 0 saturated carbocycles. The molecule has 0 unspecified atom stereocenters. The van der Waals surface area contributed by atoms with Crippen LogP contribution in [-0.4, -0.2) is 46.0 Å². The number of carbonyl (C=O) groups is 2. The van der Waals surface area contributed by atoms with E-state index in [2.05, 4.69) is 10.3 Å². The SMILES string of the molecule is COC(=O)[C@@H](Cc1ccccc1)NC(=O)C(C)(C)[Te]C. The first-order valence-electron chi connectivity index (χ1n) is 6.38. The molecule has 0 aliphatic carbocycles. The van der Waals surface area contributed by atoms with Gasteiger partial charge < -0.3 is 0 Å². The van der Waals surface area contributed by atoms with Crippen LogP contribution in [-0.2, 0) is 20.7 Å². The van der Waals surface area contributed by atoms with Gasteiger partial charge in [0.15, 0.2) is 0 Å². The molecule has 0 saturated heterocycles. The van der Waals surface area contributed by atoms with Gasteiger partial charge in [-0.15, -0.1) is 0 Å². The summed E-state index contributed by atoms with van der Waals surface area (Å²) in [5.41, 5.74) is 0.994. The number of rotatable bonds is 6. The van der Waals surface area contributed by atoms with Crippen molar-refractivity contribution in [3.8, 4) is 0 Å². The Bertz CT molecular complexity index is 459. The second-order valence-electron chi connectivity index (χ2n) is 4.95. The van der Waals surface area contributed by atoms with E-state index in [-0.39, 0.29) is 9.37 Å². The molecule has 0 aromatic heterocycles. The Balaban J connectivity index is 2.81. The molecule has 0 spiro atoms. The van der Waals surface area contributed by atoms with Gasteiger partial charge in [0.2, 0.25) is 0 Å². The summed E-state index contributed by atoms with van der Waals surface area (Å²) in [4.78, 5) is 26.1. The third-order valence-electron chi connectivity index (χ3n) is 3.13. The first-order chi connectivity index (χ1) is 9.40. The van der Waals surface area contributed by atoms with Crippen LogP contribution >= 0.6 is 0 Å². The zero-order valence-electron chi connectivity index (χ0n) is 12.3. The summed E-state index contributed by atoms with van der Waals surface area (Å²) < 4.78 is 4.42. The molecular weight excluding hydrogens is 370 g/mol. The van der Waals surface area contributed by atoms with Crippen LogP contribution in [0.4, 0.5) is 0 Å². The maximum atomic E-state index is 12.2. The molecule has 0 heterocycles. The van der Waals surface area contributed by atoms with Gasteiger partial charge >= 0.3 is 130 Å². The third-order valence-corrected chi connectivity index (χ3v) is 6.57. The van der Waals surface area contributed by atoms with Crippen molar-refractivity contribution in [1.82, 2.24) is 5.32 Å². The average Bonchev–Trinajstić information content (AvgIpc) is 2.46. The summed E-state index contributed by atoms with van der Waals surface area (Å²) in [5.74, 6) is -0.483. The van der Waals surface area contributed by atoms with Crippen molar-refractivity contribution in [2.24, 2.45) is 0 Å². The van der Waals surface area contributed by atoms with Crippen molar-refractivity contribution in [1.29, 1.82) is 0 Å². The van der Waals surface area contributed by atoms with E-state index < -0.39 is 32.9 Å². The molecule has 1 atom stereocenters. The van der Waals surface area contributed by atoms with E-state index in [0.29, 0.717) is 6.42 Å². The molecule has 5 heteroatoms. The maximum absolute atomic E-state index is 12.2. The quantitative estimate of drug-likeness (QED) is 0.595. The van der Waals surface area contributed by atoms with Gasteiger partial charge in [-0.3, -0.25) is 0 Å². The van der Waals surface area contributed by atoms with Crippen LogP contribution in [0, 0.1) is 0 Å². The zero-order chi connectivity index (χ0) is 15.2. The Morgan fingerprint density at radius 2 is 1.90 bits per heavy atom. The topological polar surface area (TPSA) is 55.4 Å². The molecule has 4 nitrogen and oxygen atoms in total. The predicted octanol–water partition coefficient (Wildman–Crippen LogP) is 1.84. The number of benzene rings is 1. The van der Waals surface area contributed by atoms with Crippen molar-refractivity contribution in [2.75, 3.05) is 7.11 Å². The van der Waals surface area contributed by atoms with Gasteiger partial charge in [-0.05, 0) is 0 Å². The average molecular weight is 391 g/mol. The van der Waals surface area contributed by atoms with E-state index in [0.717, 1.165) is 5.56 Å². The summed E-state index contributed by atoms with van der Waals surface area (Å²) in [7, 11) is 1.34. The second-order valence-corrected chi connectivity index (χ2v) is 9.03. The number of hydrogen-bond donors (Lipinski definition) is 1. The van der Waals surface area contributed by atoms with Crippen LogP contribution in [0.15, 0.2) is 30.3 Å². The predicted molar refractivity (Wildman–Crippen MR) is 79.8 cm³/mol. The summed E-state index contributed by atoms with van der Waals surface area (Å²) in [6.07, 6.45) is 0.444. The fourth-order valence-corrected chi connectivity index (χ4v) is 2.31. The van der Waals surface area contributed by atoms with E-state index in [1.54, 1.807) is 0 Å². The minimum atomic E-state index is -0.631. The molecule has 110 valence electrons. The molecular formula is C15H21NO3Te. The Morgan fingerprint density at radius 1 is 1.30 bits per heavy atom. The number of carbonyl (C=O) groups excluding carboxylic acids is 2. The molecule has 0 bridgehead atoms. The first-order valence-corrected chi connectivity index (χ1v) is 9.88. The Morgan fingerprint density at radius 3 is 2.40 bits per heavy atom. The molecule has 1 rings (SSSR count). The molecule has 0 radical (unpaired) electrons. The van der Waals surface area contributed by atoms with Crippen molar-refractivity contribution in [3.63, 3.8) is 0 Å². The molecule has 1 amide bonds. The minimum absolute atomic E-state index is 0.0752. The number of nitrogens with one attached hydrogen (secondary N) is 1. The summed E-state index contributed by atoms with van der Waals surface area (Å²) >= 11 is -0.436. The van der Waals surface area contributed by atoms with E-state index in [1.165, 1.54) is 7.11 Å². The number of esters is 1. The van der Waals surface area contributed by atoms with E-state index in [9.17, 15) is 9.59 Å². The molecule has 20 heavy (non-hydrogen) atoms. The van der Waals surface area contributed by atoms with Gasteiger partial charge in [0, 0.05) is 0 Å². The molecule has 1 aromatic carbocycles. The van der Waals surface area contributed by atoms with E-state index >= 15 is 0 Å². The van der Waals surface area contributed by atoms with E-state index in [4.69, 9.17) is 4.74 Å². The molecule has 1 aromatic rings. The van der Waals surface area contributed by atoms with Gasteiger partial charge in [-0.1, -0.05) is 0 Å². The van der Waals surface area contributed by atoms with Crippen molar-refractivity contribution in [2.45, 2.75) is 34.7 Å². The van der Waals surface area contributed by atoms with E-state index in [1.807, 2.05) is 44.2 Å². The number of hydrogen-bond acceptors (Lipinski definition) is 3. The second kappa shape index (κ2) is 7.66. The van der Waals surface area contributed by atoms with Crippen LogP contribution in [0.5, 0.6) is 0 Å². The van der Waals surface area contributed by atoms with Gasteiger partial charge in [0.1, 0.15) is 0 Å². The van der Waals surface area contributed by atoms with Gasteiger partial charge in [-0.25, -0.2) is 0 Å². The Kier molecular flexibility index (Phi) is 6.51. The third kappa shape index (κ3) is 4.81. The first kappa shape index (κ1) is 17.0. The summed E-state index contributed by atoms with van der Waals surface area (Å²) in [5, 5.41) is 2.83. The van der Waals surface area contributed by atoms with Crippen molar-refractivity contribution >= 4 is 32.8 Å². The fraction of sp³-hybridized carbons (Fsp3) is 0.467. The molecule has 0 aliphatic heterocycles. The molecule has 0 fully saturated rings. The molecule has 1 N–H and O–H groups in total. The number of amides is 1. The Hall–Kier alpha value is -1.05. The van der Waals surface area contributed by atoms with Gasteiger partial charge in [-0.2, -0.15) is 0 Å².